The summed E-state index contributed by atoms with van der Waals surface area (Å²) in [4.78, 5) is 0. The average Bonchev–Trinajstić information content (AvgIpc) is 3.32. The first-order valence-corrected chi connectivity index (χ1v) is 11.6. The van der Waals surface area contributed by atoms with Crippen molar-refractivity contribution in [1.82, 2.24) is 0 Å². The van der Waals surface area contributed by atoms with E-state index in [-0.39, 0.29) is 23.6 Å². The fourth-order valence-corrected chi connectivity index (χ4v) is 5.18. The molecule has 0 N–H and O–H groups in total. The molecule has 3 nitrogen and oxygen atoms in total. The van der Waals surface area contributed by atoms with E-state index in [0.717, 1.165) is 18.6 Å². The van der Waals surface area contributed by atoms with E-state index in [9.17, 15) is 0 Å². The lowest BCUT2D eigenvalue weighted by Gasteiger charge is -2.37. The van der Waals surface area contributed by atoms with Crippen LogP contribution in [0.5, 0.6) is 5.75 Å². The number of methoxy groups -OCH3 is 1. The maximum absolute atomic E-state index is 6.59. The fourth-order valence-electron chi connectivity index (χ4n) is 5.18. The maximum atomic E-state index is 6.59. The monoisotopic (exact) mass is 408 g/mol. The molecule has 0 aromatic heterocycles. The second kappa shape index (κ2) is 7.87. The third-order valence-corrected chi connectivity index (χ3v) is 8.14. The highest BCUT2D eigenvalue weighted by atomic mass is 16.7. The molecule has 1 atom stereocenters. The summed E-state index contributed by atoms with van der Waals surface area (Å²) < 4.78 is 18.5. The lowest BCUT2D eigenvalue weighted by Crippen LogP contribution is -2.41. The fraction of sp³-hybridized carbons (Fsp3) is 0.615. The zero-order valence-corrected chi connectivity index (χ0v) is 19.6. The molecular weight excluding hydrogens is 371 g/mol. The molecule has 1 aliphatic carbocycles. The molecule has 2 aromatic rings. The van der Waals surface area contributed by atoms with Gasteiger partial charge in [0.2, 0.25) is 0 Å². The number of benzene rings is 2. The minimum Gasteiger partial charge on any atom is -0.497 e. The van der Waals surface area contributed by atoms with Gasteiger partial charge in [0.05, 0.1) is 18.3 Å². The molecule has 1 heterocycles. The molecule has 2 fully saturated rings. The highest BCUT2D eigenvalue weighted by Gasteiger charge is 2.59. The van der Waals surface area contributed by atoms with Crippen LogP contribution < -0.4 is 4.74 Å². The standard InChI is InChI=1S/C26H37BO3/c1-24(2)25(3,4)30-27(29-24)26(5,22-9-7-8-10-22)16-15-19-11-12-21-18-23(28-6)14-13-20(21)17-19/h11-14,17-18,22H,7-10,15-16H2,1-6H3. The highest BCUT2D eigenvalue weighted by Crippen LogP contribution is 2.55. The van der Waals surface area contributed by atoms with Crippen LogP contribution in [0.15, 0.2) is 36.4 Å². The van der Waals surface area contributed by atoms with Gasteiger partial charge in [-0.25, -0.2) is 0 Å². The van der Waals surface area contributed by atoms with Crippen molar-refractivity contribution in [2.45, 2.75) is 89.7 Å². The second-order valence-electron chi connectivity index (χ2n) is 10.6. The van der Waals surface area contributed by atoms with E-state index in [4.69, 9.17) is 14.0 Å². The summed E-state index contributed by atoms with van der Waals surface area (Å²) in [6.45, 7) is 11.1. The lowest BCUT2D eigenvalue weighted by atomic mass is 9.49. The Labute approximate surface area is 182 Å². The topological polar surface area (TPSA) is 27.7 Å². The first kappa shape index (κ1) is 21.7. The van der Waals surface area contributed by atoms with E-state index in [1.165, 1.54) is 42.0 Å². The van der Waals surface area contributed by atoms with Crippen molar-refractivity contribution in [2.75, 3.05) is 7.11 Å². The second-order valence-corrected chi connectivity index (χ2v) is 10.6. The third kappa shape index (κ3) is 3.89. The van der Waals surface area contributed by atoms with E-state index < -0.39 is 0 Å². The SMILES string of the molecule is COc1ccc2cc(CCC(C)(B3OC(C)(C)C(C)(C)O3)C3CCCC3)ccc2c1. The van der Waals surface area contributed by atoms with Crippen molar-refractivity contribution in [3.05, 3.63) is 42.0 Å². The van der Waals surface area contributed by atoms with Crippen molar-refractivity contribution in [1.29, 1.82) is 0 Å². The van der Waals surface area contributed by atoms with Crippen LogP contribution in [0.3, 0.4) is 0 Å². The Balaban J connectivity index is 1.56. The lowest BCUT2D eigenvalue weighted by molar-refractivity contribution is 0.00578. The molecule has 4 heteroatoms. The molecule has 0 bridgehead atoms. The third-order valence-electron chi connectivity index (χ3n) is 8.14. The van der Waals surface area contributed by atoms with Crippen LogP contribution in [0.4, 0.5) is 0 Å². The minimum atomic E-state index is -0.278. The Hall–Kier alpha value is -1.52. The van der Waals surface area contributed by atoms with E-state index in [1.807, 2.05) is 6.07 Å². The van der Waals surface area contributed by atoms with Gasteiger partial charge in [0.15, 0.2) is 0 Å². The van der Waals surface area contributed by atoms with Crippen LogP contribution in [0.1, 0.15) is 72.3 Å². The Morgan fingerprint density at radius 2 is 1.57 bits per heavy atom. The van der Waals surface area contributed by atoms with Gasteiger partial charge in [-0.1, -0.05) is 56.9 Å². The maximum Gasteiger partial charge on any atom is 0.464 e. The van der Waals surface area contributed by atoms with Gasteiger partial charge < -0.3 is 14.0 Å². The Morgan fingerprint density at radius 3 is 2.20 bits per heavy atom. The van der Waals surface area contributed by atoms with Gasteiger partial charge in [-0.15, -0.1) is 0 Å². The largest absolute Gasteiger partial charge is 0.497 e. The number of fused-ring (bicyclic) bond motifs is 1. The van der Waals surface area contributed by atoms with Gasteiger partial charge in [-0.2, -0.15) is 0 Å². The number of hydrogen-bond acceptors (Lipinski definition) is 3. The number of ether oxygens (including phenoxy) is 1. The molecule has 1 unspecified atom stereocenters. The van der Waals surface area contributed by atoms with Crippen molar-refractivity contribution < 1.29 is 14.0 Å². The smallest absolute Gasteiger partial charge is 0.464 e. The van der Waals surface area contributed by atoms with Gasteiger partial charge >= 0.3 is 7.12 Å². The van der Waals surface area contributed by atoms with Crippen LogP contribution in [-0.4, -0.2) is 25.4 Å². The molecule has 0 radical (unpaired) electrons. The van der Waals surface area contributed by atoms with Gasteiger partial charge in [0.1, 0.15) is 5.75 Å². The summed E-state index contributed by atoms with van der Waals surface area (Å²) in [5.74, 6) is 1.57. The Morgan fingerprint density at radius 1 is 0.967 bits per heavy atom. The summed E-state index contributed by atoms with van der Waals surface area (Å²) in [6.07, 6.45) is 7.36. The van der Waals surface area contributed by atoms with E-state index in [1.54, 1.807) is 7.11 Å². The van der Waals surface area contributed by atoms with E-state index in [2.05, 4.69) is 65.0 Å². The molecule has 0 spiro atoms. The van der Waals surface area contributed by atoms with Gasteiger partial charge in [0, 0.05) is 5.31 Å². The number of aryl methyl sites for hydroxylation is 1. The molecule has 1 aliphatic heterocycles. The molecule has 2 aromatic carbocycles. The summed E-state index contributed by atoms with van der Waals surface area (Å²) in [5, 5.41) is 2.52. The molecule has 2 aliphatic rings. The van der Waals surface area contributed by atoms with Crippen molar-refractivity contribution >= 4 is 17.9 Å². The highest BCUT2D eigenvalue weighted by molar-refractivity contribution is 6.49. The molecule has 4 rings (SSSR count). The normalized spacial score (nSPS) is 23.1. The summed E-state index contributed by atoms with van der Waals surface area (Å²) in [7, 11) is 1.57. The summed E-state index contributed by atoms with van der Waals surface area (Å²) in [5.41, 5.74) is 0.826. The van der Waals surface area contributed by atoms with Crippen LogP contribution in [-0.2, 0) is 15.7 Å². The Bertz CT molecular complexity index is 884. The molecule has 1 saturated heterocycles. The van der Waals surface area contributed by atoms with Crippen molar-refractivity contribution in [2.24, 2.45) is 5.92 Å². The van der Waals surface area contributed by atoms with Crippen LogP contribution >= 0.6 is 0 Å². The van der Waals surface area contributed by atoms with Crippen LogP contribution in [0.2, 0.25) is 5.31 Å². The minimum absolute atomic E-state index is 0.0242. The quantitative estimate of drug-likeness (QED) is 0.491. The predicted octanol–water partition coefficient (Wildman–Crippen LogP) is 6.82. The van der Waals surface area contributed by atoms with E-state index in [0.29, 0.717) is 5.92 Å². The summed E-state index contributed by atoms with van der Waals surface area (Å²) >= 11 is 0. The van der Waals surface area contributed by atoms with Gasteiger partial charge in [0.25, 0.3) is 0 Å². The van der Waals surface area contributed by atoms with Crippen molar-refractivity contribution in [3.63, 3.8) is 0 Å². The molecular formula is C26H37BO3. The molecule has 162 valence electrons. The Kier molecular flexibility index (Phi) is 5.70. The first-order chi connectivity index (χ1) is 14.1. The average molecular weight is 408 g/mol. The van der Waals surface area contributed by atoms with Gasteiger partial charge in [-0.05, 0) is 74.9 Å². The van der Waals surface area contributed by atoms with E-state index >= 15 is 0 Å². The zero-order chi connectivity index (χ0) is 21.6. The number of rotatable bonds is 6. The van der Waals surface area contributed by atoms with Crippen LogP contribution in [0, 0.1) is 5.92 Å². The summed E-state index contributed by atoms with van der Waals surface area (Å²) in [6, 6.07) is 13.1. The van der Waals surface area contributed by atoms with Crippen LogP contribution in [0.25, 0.3) is 10.8 Å². The first-order valence-electron chi connectivity index (χ1n) is 11.6. The zero-order valence-electron chi connectivity index (χ0n) is 19.6. The molecule has 30 heavy (non-hydrogen) atoms. The molecule has 0 amide bonds. The van der Waals surface area contributed by atoms with Crippen molar-refractivity contribution in [3.8, 4) is 5.75 Å². The van der Waals surface area contributed by atoms with Gasteiger partial charge in [-0.3, -0.25) is 0 Å². The number of hydrogen-bond donors (Lipinski definition) is 0. The predicted molar refractivity (Wildman–Crippen MR) is 125 cm³/mol. The molecule has 1 saturated carbocycles.